The number of hydrogen-bond donors (Lipinski definition) is 1. The molecule has 5 heteroatoms. The number of anilines is 1. The lowest BCUT2D eigenvalue weighted by Crippen LogP contribution is -2.01. The molecule has 1 aromatic heterocycles. The van der Waals surface area contributed by atoms with Gasteiger partial charge in [-0.25, -0.2) is 4.98 Å². The van der Waals surface area contributed by atoms with E-state index >= 15 is 0 Å². The van der Waals surface area contributed by atoms with Gasteiger partial charge in [0, 0.05) is 17.1 Å². The van der Waals surface area contributed by atoms with Crippen LogP contribution in [0.1, 0.15) is 12.6 Å². The van der Waals surface area contributed by atoms with Crippen LogP contribution >= 0.6 is 11.3 Å². The van der Waals surface area contributed by atoms with Crippen molar-refractivity contribution in [1.29, 1.82) is 0 Å². The van der Waals surface area contributed by atoms with Gasteiger partial charge in [-0.1, -0.05) is 0 Å². The van der Waals surface area contributed by atoms with Gasteiger partial charge in [0.1, 0.15) is 0 Å². The first-order valence-electron chi connectivity index (χ1n) is 5.75. The van der Waals surface area contributed by atoms with Crippen LogP contribution in [-0.2, 0) is 6.54 Å². The molecule has 0 radical (unpaired) electrons. The lowest BCUT2D eigenvalue weighted by molar-refractivity contribution is 0.311. The summed E-state index contributed by atoms with van der Waals surface area (Å²) in [6.45, 7) is 3.29. The van der Waals surface area contributed by atoms with Crippen molar-refractivity contribution in [2.45, 2.75) is 13.5 Å². The van der Waals surface area contributed by atoms with Crippen LogP contribution < -0.4 is 14.8 Å². The van der Waals surface area contributed by atoms with Crippen molar-refractivity contribution < 1.29 is 9.47 Å². The van der Waals surface area contributed by atoms with E-state index < -0.39 is 0 Å². The third-order valence-corrected chi connectivity index (χ3v) is 3.06. The molecule has 0 fully saturated rings. The van der Waals surface area contributed by atoms with Crippen molar-refractivity contribution in [2.75, 3.05) is 19.0 Å². The second-order valence-corrected chi connectivity index (χ2v) is 4.35. The molecule has 2 rings (SSSR count). The summed E-state index contributed by atoms with van der Waals surface area (Å²) in [4.78, 5) is 4.22. The molecule has 4 nitrogen and oxygen atoms in total. The minimum Gasteiger partial charge on any atom is -0.493 e. The maximum absolute atomic E-state index is 5.47. The molecule has 1 heterocycles. The number of thiazole rings is 1. The van der Waals surface area contributed by atoms with Crippen molar-refractivity contribution in [3.05, 3.63) is 34.8 Å². The minimum absolute atomic E-state index is 0.627. The van der Waals surface area contributed by atoms with Crippen molar-refractivity contribution in [2.24, 2.45) is 0 Å². The molecule has 1 aromatic carbocycles. The van der Waals surface area contributed by atoms with Gasteiger partial charge in [0.15, 0.2) is 11.5 Å². The van der Waals surface area contributed by atoms with E-state index in [2.05, 4.69) is 10.3 Å². The molecule has 0 saturated carbocycles. The van der Waals surface area contributed by atoms with Crippen LogP contribution in [0.5, 0.6) is 11.5 Å². The zero-order valence-electron chi connectivity index (χ0n) is 10.5. The first kappa shape index (κ1) is 12.7. The Morgan fingerprint density at radius 2 is 2.22 bits per heavy atom. The van der Waals surface area contributed by atoms with E-state index in [1.807, 2.05) is 36.0 Å². The molecule has 0 aliphatic carbocycles. The molecule has 0 saturated heterocycles. The van der Waals surface area contributed by atoms with Gasteiger partial charge in [0.25, 0.3) is 0 Å². The Kier molecular flexibility index (Phi) is 4.41. The molecule has 0 aliphatic heterocycles. The van der Waals surface area contributed by atoms with E-state index in [1.165, 1.54) is 0 Å². The molecule has 0 atom stereocenters. The molecule has 2 aromatic rings. The first-order valence-corrected chi connectivity index (χ1v) is 6.69. The highest BCUT2D eigenvalue weighted by molar-refractivity contribution is 7.07. The Hall–Kier alpha value is -1.75. The highest BCUT2D eigenvalue weighted by Gasteiger charge is 2.05. The SMILES string of the molecule is CCOc1ccc(NCc2cscn2)cc1OC. The predicted octanol–water partition coefficient (Wildman–Crippen LogP) is 3.16. The standard InChI is InChI=1S/C13H16N2O2S/c1-3-17-12-5-4-10(6-13(12)16-2)14-7-11-8-18-9-15-11/h4-6,8-9,14H,3,7H2,1-2H3. The van der Waals surface area contributed by atoms with Crippen molar-refractivity contribution in [1.82, 2.24) is 4.98 Å². The fourth-order valence-corrected chi connectivity index (χ4v) is 2.13. The van der Waals surface area contributed by atoms with Gasteiger partial charge in [-0.15, -0.1) is 11.3 Å². The summed E-state index contributed by atoms with van der Waals surface area (Å²) in [7, 11) is 1.64. The number of hydrogen-bond acceptors (Lipinski definition) is 5. The maximum atomic E-state index is 5.47. The molecule has 0 unspecified atom stereocenters. The highest BCUT2D eigenvalue weighted by atomic mass is 32.1. The molecular weight excluding hydrogens is 248 g/mol. The van der Waals surface area contributed by atoms with Crippen LogP contribution in [0.3, 0.4) is 0 Å². The average Bonchev–Trinajstić information content (AvgIpc) is 2.91. The van der Waals surface area contributed by atoms with Gasteiger partial charge in [-0.2, -0.15) is 0 Å². The summed E-state index contributed by atoms with van der Waals surface area (Å²) in [6.07, 6.45) is 0. The number of benzene rings is 1. The molecule has 18 heavy (non-hydrogen) atoms. The maximum Gasteiger partial charge on any atom is 0.162 e. The van der Waals surface area contributed by atoms with E-state index in [0.717, 1.165) is 22.9 Å². The van der Waals surface area contributed by atoms with E-state index in [4.69, 9.17) is 9.47 Å². The van der Waals surface area contributed by atoms with Crippen molar-refractivity contribution in [3.8, 4) is 11.5 Å². The fraction of sp³-hybridized carbons (Fsp3) is 0.308. The molecule has 0 spiro atoms. The largest absolute Gasteiger partial charge is 0.493 e. The van der Waals surface area contributed by atoms with E-state index in [-0.39, 0.29) is 0 Å². The quantitative estimate of drug-likeness (QED) is 0.870. The highest BCUT2D eigenvalue weighted by Crippen LogP contribution is 2.30. The number of methoxy groups -OCH3 is 1. The second kappa shape index (κ2) is 6.26. The van der Waals surface area contributed by atoms with E-state index in [0.29, 0.717) is 13.2 Å². The third kappa shape index (κ3) is 3.13. The summed E-state index contributed by atoms with van der Waals surface area (Å²) in [5.41, 5.74) is 3.85. The summed E-state index contributed by atoms with van der Waals surface area (Å²) in [5, 5.41) is 5.33. The van der Waals surface area contributed by atoms with Gasteiger partial charge in [-0.3, -0.25) is 0 Å². The average molecular weight is 264 g/mol. The Labute approximate surface area is 111 Å². The number of aromatic nitrogens is 1. The van der Waals surface area contributed by atoms with Gasteiger partial charge >= 0.3 is 0 Å². The number of nitrogens with zero attached hydrogens (tertiary/aromatic N) is 1. The topological polar surface area (TPSA) is 43.4 Å². The van der Waals surface area contributed by atoms with Crippen LogP contribution in [0, 0.1) is 0 Å². The normalized spacial score (nSPS) is 10.1. The van der Waals surface area contributed by atoms with E-state index in [1.54, 1.807) is 18.4 Å². The van der Waals surface area contributed by atoms with Gasteiger partial charge < -0.3 is 14.8 Å². The summed E-state index contributed by atoms with van der Waals surface area (Å²) < 4.78 is 10.8. The Morgan fingerprint density at radius 3 is 2.89 bits per heavy atom. The Morgan fingerprint density at radius 1 is 1.33 bits per heavy atom. The molecule has 1 N–H and O–H groups in total. The Bertz CT molecular complexity index is 486. The molecule has 0 bridgehead atoms. The fourth-order valence-electron chi connectivity index (χ4n) is 1.57. The van der Waals surface area contributed by atoms with Gasteiger partial charge in [0.2, 0.25) is 0 Å². The van der Waals surface area contributed by atoms with E-state index in [9.17, 15) is 0 Å². The van der Waals surface area contributed by atoms with Crippen LogP contribution in [0.2, 0.25) is 0 Å². The lowest BCUT2D eigenvalue weighted by atomic mass is 10.2. The van der Waals surface area contributed by atoms with Gasteiger partial charge in [-0.05, 0) is 19.1 Å². The number of nitrogens with one attached hydrogen (secondary N) is 1. The third-order valence-electron chi connectivity index (χ3n) is 2.42. The van der Waals surface area contributed by atoms with Crippen LogP contribution in [0.15, 0.2) is 29.1 Å². The molecule has 96 valence electrons. The first-order chi connectivity index (χ1) is 8.83. The predicted molar refractivity (Wildman–Crippen MR) is 73.6 cm³/mol. The molecule has 0 amide bonds. The van der Waals surface area contributed by atoms with Crippen molar-refractivity contribution >= 4 is 17.0 Å². The number of ether oxygens (including phenoxy) is 2. The van der Waals surface area contributed by atoms with Crippen LogP contribution in [0.25, 0.3) is 0 Å². The Balaban J connectivity index is 2.05. The van der Waals surface area contributed by atoms with Crippen LogP contribution in [0.4, 0.5) is 5.69 Å². The summed E-state index contributed by atoms with van der Waals surface area (Å²) in [5.74, 6) is 1.50. The number of rotatable bonds is 6. The molecular formula is C13H16N2O2S. The smallest absolute Gasteiger partial charge is 0.162 e. The second-order valence-electron chi connectivity index (χ2n) is 3.63. The van der Waals surface area contributed by atoms with Crippen molar-refractivity contribution in [3.63, 3.8) is 0 Å². The summed E-state index contributed by atoms with van der Waals surface area (Å²) >= 11 is 1.60. The lowest BCUT2D eigenvalue weighted by Gasteiger charge is -2.11. The monoisotopic (exact) mass is 264 g/mol. The zero-order valence-corrected chi connectivity index (χ0v) is 11.3. The van der Waals surface area contributed by atoms with Gasteiger partial charge in [0.05, 0.1) is 31.5 Å². The minimum atomic E-state index is 0.627. The zero-order chi connectivity index (χ0) is 12.8. The summed E-state index contributed by atoms with van der Waals surface area (Å²) in [6, 6.07) is 5.81. The van der Waals surface area contributed by atoms with Crippen LogP contribution in [-0.4, -0.2) is 18.7 Å². The molecule has 0 aliphatic rings.